The number of hydrogen-bond donors (Lipinski definition) is 3. The molecule has 0 heterocycles. The van der Waals surface area contributed by atoms with Crippen molar-refractivity contribution in [2.24, 2.45) is 10.2 Å². The molecule has 0 fully saturated rings. The molecule has 2 aromatic carbocycles. The molecule has 3 N–H and O–H groups in total. The maximum Gasteiger partial charge on any atom is 0.339 e. The van der Waals surface area contributed by atoms with E-state index in [4.69, 9.17) is 5.11 Å². The number of nitrogens with zero attached hydrogens (tertiary/aromatic N) is 3. The molecule has 0 radical (unpaired) electrons. The highest BCUT2D eigenvalue weighted by atomic mass is 16.6. The normalized spacial score (nSPS) is 10.7. The summed E-state index contributed by atoms with van der Waals surface area (Å²) in [5, 5.41) is 45.8. The lowest BCUT2D eigenvalue weighted by atomic mass is 10.1. The summed E-state index contributed by atoms with van der Waals surface area (Å²) in [5.74, 6) is -2.43. The first-order valence-corrected chi connectivity index (χ1v) is 5.84. The van der Waals surface area contributed by atoms with E-state index in [1.54, 1.807) is 0 Å². The van der Waals surface area contributed by atoms with E-state index in [2.05, 4.69) is 10.2 Å². The Morgan fingerprint density at radius 2 is 1.68 bits per heavy atom. The van der Waals surface area contributed by atoms with Crippen LogP contribution in [-0.2, 0) is 0 Å². The fraction of sp³-hybridized carbons (Fsp3) is 0. The van der Waals surface area contributed by atoms with Crippen LogP contribution in [0.2, 0.25) is 0 Å². The molecule has 9 heteroatoms. The molecular weight excluding hydrogens is 294 g/mol. The van der Waals surface area contributed by atoms with Crippen molar-refractivity contribution in [3.05, 3.63) is 52.1 Å². The summed E-state index contributed by atoms with van der Waals surface area (Å²) >= 11 is 0. The summed E-state index contributed by atoms with van der Waals surface area (Å²) in [4.78, 5) is 20.8. The Labute approximate surface area is 122 Å². The summed E-state index contributed by atoms with van der Waals surface area (Å²) in [6.07, 6.45) is 0. The van der Waals surface area contributed by atoms with Gasteiger partial charge in [0.25, 0.3) is 5.69 Å². The Bertz CT molecular complexity index is 770. The van der Waals surface area contributed by atoms with Gasteiger partial charge < -0.3 is 15.3 Å². The van der Waals surface area contributed by atoms with E-state index in [0.717, 1.165) is 12.1 Å². The number of nitro groups is 1. The van der Waals surface area contributed by atoms with Crippen molar-refractivity contribution in [1.82, 2.24) is 0 Å². The Hall–Kier alpha value is -3.49. The third kappa shape index (κ3) is 3.15. The molecule has 0 bridgehead atoms. The molecule has 2 aromatic rings. The molecule has 0 atom stereocenters. The summed E-state index contributed by atoms with van der Waals surface area (Å²) < 4.78 is 0. The first-order valence-electron chi connectivity index (χ1n) is 5.84. The molecule has 0 spiro atoms. The largest absolute Gasteiger partial charge is 0.507 e. The zero-order valence-electron chi connectivity index (χ0n) is 10.9. The summed E-state index contributed by atoms with van der Waals surface area (Å²) in [5.41, 5.74) is -0.432. The lowest BCUT2D eigenvalue weighted by molar-refractivity contribution is -0.384. The lowest BCUT2D eigenvalue weighted by Crippen LogP contribution is -1.96. The topological polar surface area (TPSA) is 146 Å². The van der Waals surface area contributed by atoms with Crippen LogP contribution in [0.3, 0.4) is 0 Å². The molecule has 2 rings (SSSR count). The number of aromatic carboxylic acids is 1. The van der Waals surface area contributed by atoms with Crippen LogP contribution in [0.4, 0.5) is 17.1 Å². The number of carboxylic acids is 1. The molecular formula is C13H9N3O6. The Balaban J connectivity index is 2.31. The minimum absolute atomic E-state index is 0.111. The van der Waals surface area contributed by atoms with E-state index in [1.165, 1.54) is 24.3 Å². The van der Waals surface area contributed by atoms with Gasteiger partial charge in [-0.25, -0.2) is 4.79 Å². The van der Waals surface area contributed by atoms with Crippen molar-refractivity contribution in [1.29, 1.82) is 0 Å². The van der Waals surface area contributed by atoms with Gasteiger partial charge >= 0.3 is 5.97 Å². The standard InChI is InChI=1S/C13H9N3O6/c17-11-6-12(18)10(5-9(11)13(19)20)15-14-7-1-3-8(4-2-7)16(21)22/h1-6,17-18H,(H,19,20). The van der Waals surface area contributed by atoms with E-state index >= 15 is 0 Å². The van der Waals surface area contributed by atoms with Gasteiger partial charge in [0.2, 0.25) is 0 Å². The molecule has 0 aliphatic carbocycles. The number of non-ortho nitro benzene ring substituents is 1. The highest BCUT2D eigenvalue weighted by Gasteiger charge is 2.14. The number of phenolic OH excluding ortho intramolecular Hbond substituents is 1. The van der Waals surface area contributed by atoms with Crippen molar-refractivity contribution in [2.75, 3.05) is 0 Å². The summed E-state index contributed by atoms with van der Waals surface area (Å²) in [6, 6.07) is 6.95. The summed E-state index contributed by atoms with van der Waals surface area (Å²) in [7, 11) is 0. The molecule has 0 aromatic heterocycles. The van der Waals surface area contributed by atoms with Gasteiger partial charge in [0, 0.05) is 18.2 Å². The molecule has 0 saturated carbocycles. The van der Waals surface area contributed by atoms with E-state index in [-0.39, 0.29) is 17.1 Å². The predicted octanol–water partition coefficient (Wildman–Crippen LogP) is 3.12. The Kier molecular flexibility index (Phi) is 3.98. The van der Waals surface area contributed by atoms with Crippen molar-refractivity contribution in [3.63, 3.8) is 0 Å². The highest BCUT2D eigenvalue weighted by molar-refractivity contribution is 5.92. The molecule has 0 unspecified atom stereocenters. The van der Waals surface area contributed by atoms with Crippen LogP contribution in [0.25, 0.3) is 0 Å². The van der Waals surface area contributed by atoms with E-state index in [9.17, 15) is 25.1 Å². The maximum absolute atomic E-state index is 10.9. The number of benzene rings is 2. The SMILES string of the molecule is O=C(O)c1cc(N=Nc2ccc([N+](=O)[O-])cc2)c(O)cc1O. The van der Waals surface area contributed by atoms with Crippen LogP contribution in [0.15, 0.2) is 46.6 Å². The number of nitro benzene ring substituents is 1. The number of rotatable bonds is 4. The molecule has 0 aliphatic rings. The third-order valence-corrected chi connectivity index (χ3v) is 2.66. The van der Waals surface area contributed by atoms with Gasteiger partial charge in [-0.05, 0) is 18.2 Å². The average molecular weight is 303 g/mol. The molecule has 22 heavy (non-hydrogen) atoms. The van der Waals surface area contributed by atoms with Gasteiger partial charge in [0.05, 0.1) is 10.6 Å². The zero-order valence-corrected chi connectivity index (χ0v) is 10.9. The molecule has 0 saturated heterocycles. The maximum atomic E-state index is 10.9. The van der Waals surface area contributed by atoms with E-state index in [0.29, 0.717) is 0 Å². The number of hydrogen-bond acceptors (Lipinski definition) is 7. The monoisotopic (exact) mass is 303 g/mol. The lowest BCUT2D eigenvalue weighted by Gasteiger charge is -2.03. The number of carbonyl (C=O) groups is 1. The van der Waals surface area contributed by atoms with Crippen LogP contribution in [0.5, 0.6) is 11.5 Å². The molecule has 112 valence electrons. The van der Waals surface area contributed by atoms with Crippen molar-refractivity contribution in [2.45, 2.75) is 0 Å². The average Bonchev–Trinajstić information content (AvgIpc) is 2.46. The molecule has 0 aliphatic heterocycles. The number of carboxylic acid groups (broad SMARTS) is 1. The van der Waals surface area contributed by atoms with Crippen LogP contribution in [0.1, 0.15) is 10.4 Å². The van der Waals surface area contributed by atoms with Gasteiger partial charge in [-0.3, -0.25) is 10.1 Å². The number of aromatic hydroxyl groups is 2. The minimum atomic E-state index is -1.38. The van der Waals surface area contributed by atoms with E-state index in [1.807, 2.05) is 0 Å². The van der Waals surface area contributed by atoms with Crippen LogP contribution >= 0.6 is 0 Å². The van der Waals surface area contributed by atoms with Crippen LogP contribution in [0, 0.1) is 10.1 Å². The first-order chi connectivity index (χ1) is 10.4. The quantitative estimate of drug-likeness (QED) is 0.449. The fourth-order valence-corrected chi connectivity index (χ4v) is 1.57. The predicted molar refractivity (Wildman–Crippen MR) is 74.0 cm³/mol. The first kappa shape index (κ1) is 14.9. The van der Waals surface area contributed by atoms with Gasteiger partial charge in [0.1, 0.15) is 22.7 Å². The summed E-state index contributed by atoms with van der Waals surface area (Å²) in [6.45, 7) is 0. The molecule has 9 nitrogen and oxygen atoms in total. The third-order valence-electron chi connectivity index (χ3n) is 2.66. The number of phenols is 2. The fourth-order valence-electron chi connectivity index (χ4n) is 1.57. The second kappa shape index (κ2) is 5.87. The minimum Gasteiger partial charge on any atom is -0.507 e. The van der Waals surface area contributed by atoms with Crippen LogP contribution < -0.4 is 0 Å². The van der Waals surface area contributed by atoms with Gasteiger partial charge in [0.15, 0.2) is 0 Å². The van der Waals surface area contributed by atoms with E-state index < -0.39 is 28.0 Å². The van der Waals surface area contributed by atoms with Crippen molar-refractivity contribution >= 4 is 23.0 Å². The molecule has 0 amide bonds. The van der Waals surface area contributed by atoms with Crippen molar-refractivity contribution < 1.29 is 25.0 Å². The van der Waals surface area contributed by atoms with Gasteiger partial charge in [-0.2, -0.15) is 5.11 Å². The zero-order chi connectivity index (χ0) is 16.3. The van der Waals surface area contributed by atoms with Gasteiger partial charge in [-0.15, -0.1) is 5.11 Å². The van der Waals surface area contributed by atoms with Crippen LogP contribution in [-0.4, -0.2) is 26.2 Å². The Morgan fingerprint density at radius 1 is 1.05 bits per heavy atom. The number of azo groups is 1. The second-order valence-electron chi connectivity index (χ2n) is 4.14. The van der Waals surface area contributed by atoms with Crippen molar-refractivity contribution in [3.8, 4) is 11.5 Å². The Morgan fingerprint density at radius 3 is 2.23 bits per heavy atom. The second-order valence-corrected chi connectivity index (χ2v) is 4.14. The van der Waals surface area contributed by atoms with Gasteiger partial charge in [-0.1, -0.05) is 0 Å². The highest BCUT2D eigenvalue weighted by Crippen LogP contribution is 2.34. The smallest absolute Gasteiger partial charge is 0.339 e.